The number of piperazine rings is 1. The summed E-state index contributed by atoms with van der Waals surface area (Å²) in [6.07, 6.45) is -0.401. The van der Waals surface area contributed by atoms with Crippen LogP contribution in [0.25, 0.3) is 10.4 Å². The molecule has 2 fully saturated rings. The van der Waals surface area contributed by atoms with Crippen LogP contribution in [0.5, 0.6) is 0 Å². The molecule has 172 valence electrons. The summed E-state index contributed by atoms with van der Waals surface area (Å²) in [6.45, 7) is 7.77. The van der Waals surface area contributed by atoms with Crippen LogP contribution in [0.4, 0.5) is 0 Å². The van der Waals surface area contributed by atoms with Crippen molar-refractivity contribution in [2.45, 2.75) is 45.0 Å². The van der Waals surface area contributed by atoms with E-state index >= 15 is 0 Å². The van der Waals surface area contributed by atoms with Gasteiger partial charge in [0, 0.05) is 45.7 Å². The van der Waals surface area contributed by atoms with Crippen LogP contribution in [0, 0.1) is 6.92 Å². The van der Waals surface area contributed by atoms with E-state index in [2.05, 4.69) is 20.5 Å². The Morgan fingerprint density at radius 3 is 2.66 bits per heavy atom. The molecule has 9 heteroatoms. The van der Waals surface area contributed by atoms with E-state index in [9.17, 15) is 14.7 Å². The number of benzene rings is 1. The lowest BCUT2D eigenvalue weighted by Crippen LogP contribution is -2.56. The maximum absolute atomic E-state index is 13.1. The number of thiazole rings is 1. The monoisotopic (exact) mass is 457 g/mol. The van der Waals surface area contributed by atoms with E-state index in [0.29, 0.717) is 6.54 Å². The average Bonchev–Trinajstić information content (AvgIpc) is 3.43. The van der Waals surface area contributed by atoms with Crippen molar-refractivity contribution in [3.05, 3.63) is 41.0 Å². The Labute approximate surface area is 192 Å². The van der Waals surface area contributed by atoms with Gasteiger partial charge in [0.05, 0.1) is 28.2 Å². The molecule has 2 amide bonds. The SMILES string of the molecule is Cc1ncsc1-c1ccc(CNC(=O)[C@@H]2C[C@@H](O)CN2C(=O)[C@@H](C)N2CCNCC2)cc1. The van der Waals surface area contributed by atoms with Gasteiger partial charge in [0.15, 0.2) is 0 Å². The Hall–Kier alpha value is -2.33. The van der Waals surface area contributed by atoms with Crippen LogP contribution in [0.3, 0.4) is 0 Å². The number of nitrogens with zero attached hydrogens (tertiary/aromatic N) is 3. The maximum Gasteiger partial charge on any atom is 0.243 e. The first-order valence-electron chi connectivity index (χ1n) is 11.1. The molecule has 1 aromatic heterocycles. The van der Waals surface area contributed by atoms with E-state index in [1.54, 1.807) is 16.2 Å². The fourth-order valence-electron chi connectivity index (χ4n) is 4.43. The zero-order valence-corrected chi connectivity index (χ0v) is 19.4. The van der Waals surface area contributed by atoms with Crippen LogP contribution >= 0.6 is 11.3 Å². The molecule has 2 aliphatic heterocycles. The van der Waals surface area contributed by atoms with Gasteiger partial charge in [-0.15, -0.1) is 11.3 Å². The summed E-state index contributed by atoms with van der Waals surface area (Å²) >= 11 is 1.61. The molecule has 2 aromatic rings. The number of aliphatic hydroxyl groups is 1. The molecule has 3 atom stereocenters. The van der Waals surface area contributed by atoms with E-state index in [-0.39, 0.29) is 30.8 Å². The maximum atomic E-state index is 13.1. The standard InChI is InChI=1S/C23H31N5O3S/c1-15-21(32-14-26-15)18-5-3-17(4-6-18)12-25-22(30)20-11-19(29)13-28(20)23(31)16(2)27-9-7-24-8-10-27/h3-6,14,16,19-20,24,29H,7-13H2,1-2H3,(H,25,30)/t16-,19-,20+/m1/s1. The van der Waals surface area contributed by atoms with Crippen LogP contribution in [-0.2, 0) is 16.1 Å². The topological polar surface area (TPSA) is 97.8 Å². The molecule has 0 radical (unpaired) electrons. The third kappa shape index (κ3) is 5.01. The Morgan fingerprint density at radius 2 is 2.00 bits per heavy atom. The van der Waals surface area contributed by atoms with Crippen molar-refractivity contribution in [1.29, 1.82) is 0 Å². The van der Waals surface area contributed by atoms with E-state index in [0.717, 1.165) is 47.9 Å². The number of hydrogen-bond donors (Lipinski definition) is 3. The molecular weight excluding hydrogens is 426 g/mol. The predicted octanol–water partition coefficient (Wildman–Crippen LogP) is 0.990. The van der Waals surface area contributed by atoms with Crippen molar-refractivity contribution in [1.82, 2.24) is 25.4 Å². The molecule has 0 bridgehead atoms. The van der Waals surface area contributed by atoms with Gasteiger partial charge < -0.3 is 20.6 Å². The number of aryl methyl sites for hydroxylation is 1. The molecule has 0 aliphatic carbocycles. The largest absolute Gasteiger partial charge is 0.391 e. The van der Waals surface area contributed by atoms with E-state index in [4.69, 9.17) is 0 Å². The number of nitrogens with one attached hydrogen (secondary N) is 2. The summed E-state index contributed by atoms with van der Waals surface area (Å²) in [4.78, 5) is 35.2. The molecule has 0 unspecified atom stereocenters. The first-order chi connectivity index (χ1) is 15.4. The second-order valence-electron chi connectivity index (χ2n) is 8.54. The number of rotatable bonds is 6. The second-order valence-corrected chi connectivity index (χ2v) is 9.39. The quantitative estimate of drug-likeness (QED) is 0.599. The lowest BCUT2D eigenvalue weighted by atomic mass is 10.1. The minimum absolute atomic E-state index is 0.0899. The number of carbonyl (C=O) groups excluding carboxylic acids is 2. The average molecular weight is 458 g/mol. The van der Waals surface area contributed by atoms with Crippen molar-refractivity contribution in [2.75, 3.05) is 32.7 Å². The van der Waals surface area contributed by atoms with E-state index in [1.165, 1.54) is 0 Å². The molecule has 0 spiro atoms. The van der Waals surface area contributed by atoms with Gasteiger partial charge in [0.1, 0.15) is 6.04 Å². The number of likely N-dealkylation sites (tertiary alicyclic amines) is 1. The van der Waals surface area contributed by atoms with E-state index < -0.39 is 12.1 Å². The molecule has 4 rings (SSSR count). The van der Waals surface area contributed by atoms with Gasteiger partial charge in [-0.25, -0.2) is 4.98 Å². The van der Waals surface area contributed by atoms with Crippen molar-refractivity contribution < 1.29 is 14.7 Å². The normalized spacial score (nSPS) is 22.7. The summed E-state index contributed by atoms with van der Waals surface area (Å²) in [5.74, 6) is -0.308. The number of aliphatic hydroxyl groups excluding tert-OH is 1. The van der Waals surface area contributed by atoms with Gasteiger partial charge in [-0.1, -0.05) is 24.3 Å². The zero-order chi connectivity index (χ0) is 22.7. The molecule has 2 saturated heterocycles. The van der Waals surface area contributed by atoms with Crippen molar-refractivity contribution in [3.63, 3.8) is 0 Å². The summed E-state index contributed by atoms with van der Waals surface area (Å²) in [5.41, 5.74) is 4.94. The second kappa shape index (κ2) is 10.1. The lowest BCUT2D eigenvalue weighted by Gasteiger charge is -2.35. The summed E-state index contributed by atoms with van der Waals surface area (Å²) < 4.78 is 0. The van der Waals surface area contributed by atoms with Crippen molar-refractivity contribution in [3.8, 4) is 10.4 Å². The number of β-amino-alcohol motifs (C(OH)–C–C–N with tert-alkyl or cyclic N) is 1. The van der Waals surface area contributed by atoms with Gasteiger partial charge in [0.2, 0.25) is 11.8 Å². The van der Waals surface area contributed by atoms with Gasteiger partial charge in [-0.05, 0) is 25.0 Å². The summed E-state index contributed by atoms with van der Waals surface area (Å²) in [7, 11) is 0. The highest BCUT2D eigenvalue weighted by molar-refractivity contribution is 7.13. The highest BCUT2D eigenvalue weighted by Crippen LogP contribution is 2.27. The van der Waals surface area contributed by atoms with Crippen LogP contribution < -0.4 is 10.6 Å². The Bertz CT molecular complexity index is 941. The fourth-order valence-corrected chi connectivity index (χ4v) is 5.24. The molecule has 32 heavy (non-hydrogen) atoms. The van der Waals surface area contributed by atoms with Crippen molar-refractivity contribution in [2.24, 2.45) is 0 Å². The Balaban J connectivity index is 1.36. The lowest BCUT2D eigenvalue weighted by molar-refractivity contribution is -0.142. The fraction of sp³-hybridized carbons (Fsp3) is 0.522. The number of carbonyl (C=O) groups is 2. The molecule has 8 nitrogen and oxygen atoms in total. The molecule has 1 aromatic carbocycles. The molecule has 3 heterocycles. The van der Waals surface area contributed by atoms with E-state index in [1.807, 2.05) is 43.6 Å². The van der Waals surface area contributed by atoms with Gasteiger partial charge in [-0.2, -0.15) is 0 Å². The first kappa shape index (κ1) is 22.8. The van der Waals surface area contributed by atoms with Gasteiger partial charge >= 0.3 is 0 Å². The van der Waals surface area contributed by atoms with Crippen LogP contribution in [-0.4, -0.2) is 82.6 Å². The summed E-state index contributed by atoms with van der Waals surface area (Å²) in [6, 6.07) is 7.11. The smallest absolute Gasteiger partial charge is 0.243 e. The van der Waals surface area contributed by atoms with Crippen LogP contribution in [0.1, 0.15) is 24.6 Å². The minimum atomic E-state index is -0.674. The highest BCUT2D eigenvalue weighted by Gasteiger charge is 2.41. The van der Waals surface area contributed by atoms with Crippen LogP contribution in [0.15, 0.2) is 29.8 Å². The zero-order valence-electron chi connectivity index (χ0n) is 18.6. The molecular formula is C23H31N5O3S. The van der Waals surface area contributed by atoms with Crippen LogP contribution in [0.2, 0.25) is 0 Å². The number of amides is 2. The number of hydrogen-bond acceptors (Lipinski definition) is 7. The third-order valence-electron chi connectivity index (χ3n) is 6.35. The molecule has 0 saturated carbocycles. The molecule has 3 N–H and O–H groups in total. The Kier molecular flexibility index (Phi) is 7.20. The molecule has 2 aliphatic rings. The third-order valence-corrected chi connectivity index (χ3v) is 7.33. The van der Waals surface area contributed by atoms with Gasteiger partial charge in [-0.3, -0.25) is 14.5 Å². The predicted molar refractivity (Wildman–Crippen MR) is 124 cm³/mol. The number of aromatic nitrogens is 1. The summed E-state index contributed by atoms with van der Waals surface area (Å²) in [5, 5.41) is 16.4. The first-order valence-corrected chi connectivity index (χ1v) is 12.0. The van der Waals surface area contributed by atoms with Gasteiger partial charge in [0.25, 0.3) is 0 Å². The minimum Gasteiger partial charge on any atom is -0.391 e. The van der Waals surface area contributed by atoms with Crippen molar-refractivity contribution >= 4 is 23.2 Å². The Morgan fingerprint density at radius 1 is 1.28 bits per heavy atom. The highest BCUT2D eigenvalue weighted by atomic mass is 32.1.